The predicted octanol–water partition coefficient (Wildman–Crippen LogP) is 5.18. The minimum absolute atomic E-state index is 0.000967. The zero-order valence-corrected chi connectivity index (χ0v) is 15.3. The molecule has 0 spiro atoms. The van der Waals surface area contributed by atoms with Gasteiger partial charge in [-0.15, -0.1) is 0 Å². The third-order valence-corrected chi connectivity index (χ3v) is 5.32. The van der Waals surface area contributed by atoms with Crippen molar-refractivity contribution in [2.75, 3.05) is 5.32 Å². The standard InChI is InChI=1S/C18H10ClF4NO3S/c19-28(26,27)15-9-8-14(10-4-1-2-5-11(10)15)24-17(25)16-12(18(21,22)23)6-3-7-13(16)20/h1-9H,(H,24,25). The molecule has 0 aliphatic carbocycles. The number of benzene rings is 3. The van der Waals surface area contributed by atoms with Crippen LogP contribution in [0.3, 0.4) is 0 Å². The first kappa shape index (κ1) is 20.1. The van der Waals surface area contributed by atoms with Gasteiger partial charge in [0.25, 0.3) is 15.0 Å². The van der Waals surface area contributed by atoms with Gasteiger partial charge >= 0.3 is 6.18 Å². The van der Waals surface area contributed by atoms with Crippen molar-refractivity contribution >= 4 is 42.1 Å². The second-order valence-corrected chi connectivity index (χ2v) is 8.24. The fourth-order valence-corrected chi connectivity index (χ4v) is 3.84. The summed E-state index contributed by atoms with van der Waals surface area (Å²) >= 11 is 0. The van der Waals surface area contributed by atoms with E-state index in [1.807, 2.05) is 0 Å². The smallest absolute Gasteiger partial charge is 0.321 e. The number of hydrogen-bond acceptors (Lipinski definition) is 3. The largest absolute Gasteiger partial charge is 0.417 e. The fourth-order valence-electron chi connectivity index (χ4n) is 2.77. The first-order valence-electron chi connectivity index (χ1n) is 7.63. The number of hydrogen-bond donors (Lipinski definition) is 1. The number of rotatable bonds is 3. The van der Waals surface area contributed by atoms with E-state index in [4.69, 9.17) is 10.7 Å². The van der Waals surface area contributed by atoms with Crippen LogP contribution in [0.15, 0.2) is 59.5 Å². The van der Waals surface area contributed by atoms with Crippen LogP contribution in [0.2, 0.25) is 0 Å². The number of alkyl halides is 3. The molecule has 0 aromatic heterocycles. The number of nitrogens with one attached hydrogen (secondary N) is 1. The summed E-state index contributed by atoms with van der Waals surface area (Å²) in [7, 11) is 1.28. The lowest BCUT2D eigenvalue weighted by Gasteiger charge is -2.15. The van der Waals surface area contributed by atoms with Crippen LogP contribution in [0, 0.1) is 5.82 Å². The quantitative estimate of drug-likeness (QED) is 0.459. The summed E-state index contributed by atoms with van der Waals surface area (Å²) in [4.78, 5) is 12.2. The van der Waals surface area contributed by atoms with E-state index in [9.17, 15) is 30.8 Å². The summed E-state index contributed by atoms with van der Waals surface area (Å²) in [5, 5.41) is 2.58. The molecule has 3 aromatic carbocycles. The van der Waals surface area contributed by atoms with Gasteiger partial charge in [-0.3, -0.25) is 4.79 Å². The summed E-state index contributed by atoms with van der Waals surface area (Å²) < 4.78 is 76.8. The Hall–Kier alpha value is -2.65. The molecule has 0 unspecified atom stereocenters. The van der Waals surface area contributed by atoms with Crippen LogP contribution < -0.4 is 5.32 Å². The average molecular weight is 432 g/mol. The van der Waals surface area contributed by atoms with Crippen molar-refractivity contribution in [1.29, 1.82) is 0 Å². The summed E-state index contributed by atoms with van der Waals surface area (Å²) in [6, 6.07) is 10.4. The van der Waals surface area contributed by atoms with Gasteiger partial charge in [0, 0.05) is 27.1 Å². The number of anilines is 1. The zero-order valence-electron chi connectivity index (χ0n) is 13.7. The van der Waals surface area contributed by atoms with Crippen LogP contribution in [0.4, 0.5) is 23.2 Å². The molecule has 4 nitrogen and oxygen atoms in total. The molecule has 146 valence electrons. The highest BCUT2D eigenvalue weighted by molar-refractivity contribution is 8.14. The van der Waals surface area contributed by atoms with E-state index in [0.717, 1.165) is 18.2 Å². The summed E-state index contributed by atoms with van der Waals surface area (Å²) in [6.07, 6.45) is -4.94. The molecule has 0 bridgehead atoms. The van der Waals surface area contributed by atoms with Crippen molar-refractivity contribution in [3.63, 3.8) is 0 Å². The molecular formula is C18H10ClF4NO3S. The number of carbonyl (C=O) groups is 1. The molecule has 0 atom stereocenters. The topological polar surface area (TPSA) is 63.2 Å². The van der Waals surface area contributed by atoms with Gasteiger partial charge in [-0.05, 0) is 24.3 Å². The van der Waals surface area contributed by atoms with Crippen molar-refractivity contribution in [2.45, 2.75) is 11.1 Å². The van der Waals surface area contributed by atoms with Crippen LogP contribution >= 0.6 is 10.7 Å². The van der Waals surface area contributed by atoms with Gasteiger partial charge in [0.1, 0.15) is 5.82 Å². The fraction of sp³-hybridized carbons (Fsp3) is 0.0556. The monoisotopic (exact) mass is 431 g/mol. The highest BCUT2D eigenvalue weighted by Gasteiger charge is 2.36. The van der Waals surface area contributed by atoms with Crippen molar-refractivity contribution in [1.82, 2.24) is 0 Å². The molecule has 0 heterocycles. The molecule has 1 N–H and O–H groups in total. The summed E-state index contributed by atoms with van der Waals surface area (Å²) in [6.45, 7) is 0. The maximum atomic E-state index is 14.0. The first-order valence-corrected chi connectivity index (χ1v) is 9.94. The van der Waals surface area contributed by atoms with Crippen molar-refractivity contribution in [3.05, 3.63) is 71.5 Å². The van der Waals surface area contributed by atoms with E-state index in [1.54, 1.807) is 0 Å². The van der Waals surface area contributed by atoms with Crippen molar-refractivity contribution in [3.8, 4) is 0 Å². The van der Waals surface area contributed by atoms with Crippen LogP contribution in [0.25, 0.3) is 10.8 Å². The lowest BCUT2D eigenvalue weighted by Crippen LogP contribution is -2.20. The number of halogens is 5. The van der Waals surface area contributed by atoms with Crippen molar-refractivity contribution in [2.24, 2.45) is 0 Å². The Balaban J connectivity index is 2.12. The molecule has 0 saturated carbocycles. The maximum absolute atomic E-state index is 14.0. The van der Waals surface area contributed by atoms with Gasteiger partial charge in [-0.1, -0.05) is 30.3 Å². The molecule has 0 aliphatic rings. The van der Waals surface area contributed by atoms with E-state index in [1.165, 1.54) is 30.3 Å². The Morgan fingerprint density at radius 3 is 2.18 bits per heavy atom. The predicted molar refractivity (Wildman–Crippen MR) is 96.3 cm³/mol. The molecular weight excluding hydrogens is 422 g/mol. The van der Waals surface area contributed by atoms with Crippen LogP contribution in [0.1, 0.15) is 15.9 Å². The molecule has 3 aromatic rings. The molecule has 0 radical (unpaired) electrons. The number of carbonyl (C=O) groups excluding carboxylic acids is 1. The molecule has 28 heavy (non-hydrogen) atoms. The minimum atomic E-state index is -4.94. The molecule has 0 fully saturated rings. The second kappa shape index (κ2) is 7.06. The molecule has 0 aliphatic heterocycles. The highest BCUT2D eigenvalue weighted by Crippen LogP contribution is 2.35. The third-order valence-electron chi connectivity index (χ3n) is 3.94. The Morgan fingerprint density at radius 2 is 1.57 bits per heavy atom. The lowest BCUT2D eigenvalue weighted by atomic mass is 10.0. The Morgan fingerprint density at radius 1 is 0.929 bits per heavy atom. The zero-order chi connectivity index (χ0) is 20.7. The lowest BCUT2D eigenvalue weighted by molar-refractivity contribution is -0.138. The second-order valence-electron chi connectivity index (χ2n) is 5.71. The van der Waals surface area contributed by atoms with Crippen LogP contribution in [-0.4, -0.2) is 14.3 Å². The Labute approximate surface area is 161 Å². The summed E-state index contributed by atoms with van der Waals surface area (Å²) in [5.74, 6) is -2.66. The normalized spacial score (nSPS) is 12.2. The molecule has 1 amide bonds. The van der Waals surface area contributed by atoms with E-state index >= 15 is 0 Å². The highest BCUT2D eigenvalue weighted by atomic mass is 35.7. The first-order chi connectivity index (χ1) is 13.0. The molecule has 10 heteroatoms. The van der Waals surface area contributed by atoms with E-state index in [-0.39, 0.29) is 21.4 Å². The number of amides is 1. The average Bonchev–Trinajstić information content (AvgIpc) is 2.59. The van der Waals surface area contributed by atoms with Gasteiger partial charge in [0.15, 0.2) is 0 Å². The van der Waals surface area contributed by atoms with E-state index < -0.39 is 38.1 Å². The molecule has 0 saturated heterocycles. The van der Waals surface area contributed by atoms with Crippen LogP contribution in [0.5, 0.6) is 0 Å². The minimum Gasteiger partial charge on any atom is -0.321 e. The van der Waals surface area contributed by atoms with Crippen molar-refractivity contribution < 1.29 is 30.8 Å². The summed E-state index contributed by atoms with van der Waals surface area (Å²) in [5.41, 5.74) is -2.58. The Kier molecular flexibility index (Phi) is 5.07. The van der Waals surface area contributed by atoms with Gasteiger partial charge in [-0.2, -0.15) is 13.2 Å². The number of fused-ring (bicyclic) bond motifs is 1. The van der Waals surface area contributed by atoms with Gasteiger partial charge < -0.3 is 5.32 Å². The molecule has 3 rings (SSSR count). The van der Waals surface area contributed by atoms with Gasteiger partial charge in [0.2, 0.25) is 0 Å². The van der Waals surface area contributed by atoms with E-state index in [2.05, 4.69) is 5.32 Å². The maximum Gasteiger partial charge on any atom is 0.417 e. The Bertz CT molecular complexity index is 1190. The van der Waals surface area contributed by atoms with E-state index in [0.29, 0.717) is 6.07 Å². The van der Waals surface area contributed by atoms with Gasteiger partial charge in [-0.25, -0.2) is 12.8 Å². The van der Waals surface area contributed by atoms with Crippen LogP contribution in [-0.2, 0) is 15.2 Å². The van der Waals surface area contributed by atoms with Gasteiger partial charge in [0.05, 0.1) is 16.0 Å². The third kappa shape index (κ3) is 3.81. The SMILES string of the molecule is O=C(Nc1ccc(S(=O)(=O)Cl)c2ccccc12)c1c(F)cccc1C(F)(F)F.